The molecule has 0 heterocycles. The predicted octanol–water partition coefficient (Wildman–Crippen LogP) is 3.70. The highest BCUT2D eigenvalue weighted by atomic mass is 19.3. The first kappa shape index (κ1) is 17.5. The maximum Gasteiger partial charge on any atom is 0.387 e. The molecule has 0 aliphatic carbocycles. The number of benzene rings is 2. The van der Waals surface area contributed by atoms with E-state index in [-0.39, 0.29) is 28.5 Å². The van der Waals surface area contributed by atoms with Crippen molar-refractivity contribution < 1.29 is 32.2 Å². The zero-order chi connectivity index (χ0) is 17.7. The van der Waals surface area contributed by atoms with Gasteiger partial charge in [0.05, 0.1) is 19.9 Å². The molecular formula is C16H14F3NO4. The number of carbonyl (C=O) groups excluding carboxylic acids is 1. The molecule has 0 aromatic heterocycles. The van der Waals surface area contributed by atoms with Crippen LogP contribution in [0.5, 0.6) is 17.2 Å². The van der Waals surface area contributed by atoms with Crippen LogP contribution < -0.4 is 19.5 Å². The smallest absolute Gasteiger partial charge is 0.387 e. The van der Waals surface area contributed by atoms with E-state index in [2.05, 4.69) is 10.1 Å². The molecule has 2 aromatic carbocycles. The lowest BCUT2D eigenvalue weighted by atomic mass is 10.1. The van der Waals surface area contributed by atoms with Gasteiger partial charge in [0.2, 0.25) is 0 Å². The molecule has 5 nitrogen and oxygen atoms in total. The van der Waals surface area contributed by atoms with Crippen molar-refractivity contribution in [2.75, 3.05) is 19.5 Å². The molecule has 8 heteroatoms. The number of rotatable bonds is 6. The van der Waals surface area contributed by atoms with Gasteiger partial charge in [-0.25, -0.2) is 4.39 Å². The molecule has 1 N–H and O–H groups in total. The lowest BCUT2D eigenvalue weighted by Gasteiger charge is -2.13. The van der Waals surface area contributed by atoms with E-state index in [9.17, 15) is 18.0 Å². The Bertz CT molecular complexity index is 737. The van der Waals surface area contributed by atoms with Gasteiger partial charge >= 0.3 is 6.61 Å². The fraction of sp³-hybridized carbons (Fsp3) is 0.188. The van der Waals surface area contributed by atoms with Crippen LogP contribution in [-0.4, -0.2) is 26.7 Å². The van der Waals surface area contributed by atoms with Crippen LogP contribution in [0.1, 0.15) is 10.4 Å². The number of alkyl halides is 2. The normalized spacial score (nSPS) is 10.4. The lowest BCUT2D eigenvalue weighted by molar-refractivity contribution is -0.0512. The molecule has 2 rings (SSSR count). The zero-order valence-electron chi connectivity index (χ0n) is 12.8. The van der Waals surface area contributed by atoms with Gasteiger partial charge in [-0.3, -0.25) is 4.79 Å². The summed E-state index contributed by atoms with van der Waals surface area (Å²) in [7, 11) is 2.61. The number of amides is 1. The summed E-state index contributed by atoms with van der Waals surface area (Å²) in [6.45, 7) is -3.06. The van der Waals surface area contributed by atoms with Gasteiger partial charge in [-0.05, 0) is 30.3 Å². The summed E-state index contributed by atoms with van der Waals surface area (Å²) in [5.74, 6) is -1.22. The maximum absolute atomic E-state index is 13.2. The summed E-state index contributed by atoms with van der Waals surface area (Å²) in [6.07, 6.45) is 0. The monoisotopic (exact) mass is 341 g/mol. The second kappa shape index (κ2) is 7.58. The second-order valence-corrected chi connectivity index (χ2v) is 4.54. The van der Waals surface area contributed by atoms with Gasteiger partial charge in [0.1, 0.15) is 11.6 Å². The summed E-state index contributed by atoms with van der Waals surface area (Å²) >= 11 is 0. The topological polar surface area (TPSA) is 56.8 Å². The quantitative estimate of drug-likeness (QED) is 0.870. The summed E-state index contributed by atoms with van der Waals surface area (Å²) in [4.78, 5) is 12.3. The molecule has 0 unspecified atom stereocenters. The van der Waals surface area contributed by atoms with Crippen molar-refractivity contribution in [2.45, 2.75) is 6.61 Å². The Morgan fingerprint density at radius 3 is 2.33 bits per heavy atom. The molecule has 0 aliphatic heterocycles. The van der Waals surface area contributed by atoms with E-state index in [0.717, 1.165) is 18.2 Å². The molecule has 0 spiro atoms. The highest BCUT2D eigenvalue weighted by Crippen LogP contribution is 2.30. The third-order valence-corrected chi connectivity index (χ3v) is 3.05. The van der Waals surface area contributed by atoms with E-state index in [4.69, 9.17) is 9.47 Å². The Labute approximate surface area is 135 Å². The van der Waals surface area contributed by atoms with Crippen molar-refractivity contribution in [1.29, 1.82) is 0 Å². The zero-order valence-corrected chi connectivity index (χ0v) is 12.8. The van der Waals surface area contributed by atoms with Crippen molar-refractivity contribution in [3.63, 3.8) is 0 Å². The van der Waals surface area contributed by atoms with Crippen molar-refractivity contribution in [2.24, 2.45) is 0 Å². The summed E-state index contributed by atoms with van der Waals surface area (Å²) < 4.78 is 52.2. The average molecular weight is 341 g/mol. The van der Waals surface area contributed by atoms with Crippen LogP contribution in [0, 0.1) is 5.82 Å². The number of ether oxygens (including phenoxy) is 3. The molecular weight excluding hydrogens is 327 g/mol. The second-order valence-electron chi connectivity index (χ2n) is 4.54. The molecule has 128 valence electrons. The molecule has 0 atom stereocenters. The molecule has 0 saturated heterocycles. The van der Waals surface area contributed by atoms with E-state index >= 15 is 0 Å². The Kier molecular flexibility index (Phi) is 5.51. The van der Waals surface area contributed by atoms with E-state index in [1.54, 1.807) is 0 Å². The van der Waals surface area contributed by atoms with Crippen LogP contribution in [0.4, 0.5) is 18.9 Å². The van der Waals surface area contributed by atoms with Crippen LogP contribution in [0.25, 0.3) is 0 Å². The molecule has 0 bridgehead atoms. The van der Waals surface area contributed by atoms with E-state index in [1.165, 1.54) is 32.4 Å². The number of carbonyl (C=O) groups is 1. The highest BCUT2D eigenvalue weighted by molar-refractivity contribution is 6.05. The van der Waals surface area contributed by atoms with Crippen molar-refractivity contribution in [3.8, 4) is 17.2 Å². The third-order valence-electron chi connectivity index (χ3n) is 3.05. The van der Waals surface area contributed by atoms with Gasteiger partial charge < -0.3 is 19.5 Å². The lowest BCUT2D eigenvalue weighted by Crippen LogP contribution is -2.13. The van der Waals surface area contributed by atoms with Gasteiger partial charge in [0.15, 0.2) is 11.5 Å². The first-order valence-corrected chi connectivity index (χ1v) is 6.72. The minimum atomic E-state index is -3.06. The number of anilines is 1. The molecule has 0 radical (unpaired) electrons. The maximum atomic E-state index is 13.2. The van der Waals surface area contributed by atoms with Crippen LogP contribution in [0.2, 0.25) is 0 Å². The molecule has 24 heavy (non-hydrogen) atoms. The van der Waals surface area contributed by atoms with E-state index in [1.807, 2.05) is 0 Å². The largest absolute Gasteiger partial charge is 0.494 e. The van der Waals surface area contributed by atoms with Crippen LogP contribution >= 0.6 is 0 Å². The number of halogens is 3. The SMILES string of the molecule is COc1cc(F)ccc1NC(=O)c1ccc(OC)c(OC(F)F)c1. The van der Waals surface area contributed by atoms with Crippen molar-refractivity contribution in [1.82, 2.24) is 0 Å². The number of nitrogens with one attached hydrogen (secondary N) is 1. The van der Waals surface area contributed by atoms with Gasteiger partial charge in [0.25, 0.3) is 5.91 Å². The van der Waals surface area contributed by atoms with Crippen molar-refractivity contribution >= 4 is 11.6 Å². The average Bonchev–Trinajstić information content (AvgIpc) is 2.55. The summed E-state index contributed by atoms with van der Waals surface area (Å²) in [6, 6.07) is 7.41. The number of hydrogen-bond donors (Lipinski definition) is 1. The Morgan fingerprint density at radius 2 is 1.71 bits per heavy atom. The standard InChI is InChI=1S/C16H14F3NO4/c1-22-12-6-3-9(7-14(12)24-16(18)19)15(21)20-11-5-4-10(17)8-13(11)23-2/h3-8,16H,1-2H3,(H,20,21). The molecule has 0 fully saturated rings. The fourth-order valence-corrected chi connectivity index (χ4v) is 1.97. The Hall–Kier alpha value is -2.90. The summed E-state index contributed by atoms with van der Waals surface area (Å²) in [5, 5.41) is 2.51. The van der Waals surface area contributed by atoms with E-state index < -0.39 is 18.3 Å². The molecule has 1 amide bonds. The summed E-state index contributed by atoms with van der Waals surface area (Å²) in [5.41, 5.74) is 0.286. The minimum absolute atomic E-state index is 0.0535. The molecule has 0 saturated carbocycles. The van der Waals surface area contributed by atoms with Crippen LogP contribution in [-0.2, 0) is 0 Å². The first-order valence-electron chi connectivity index (χ1n) is 6.72. The minimum Gasteiger partial charge on any atom is -0.494 e. The first-order chi connectivity index (χ1) is 11.4. The molecule has 2 aromatic rings. The predicted molar refractivity (Wildman–Crippen MR) is 80.5 cm³/mol. The van der Waals surface area contributed by atoms with Crippen LogP contribution in [0.3, 0.4) is 0 Å². The van der Waals surface area contributed by atoms with Crippen molar-refractivity contribution in [3.05, 3.63) is 47.8 Å². The van der Waals surface area contributed by atoms with Gasteiger partial charge in [0, 0.05) is 11.6 Å². The van der Waals surface area contributed by atoms with E-state index in [0.29, 0.717) is 0 Å². The van der Waals surface area contributed by atoms with Gasteiger partial charge in [-0.15, -0.1) is 0 Å². The van der Waals surface area contributed by atoms with Gasteiger partial charge in [-0.2, -0.15) is 8.78 Å². The Balaban J connectivity index is 2.27. The Morgan fingerprint density at radius 1 is 1.00 bits per heavy atom. The highest BCUT2D eigenvalue weighted by Gasteiger charge is 2.16. The van der Waals surface area contributed by atoms with Gasteiger partial charge in [-0.1, -0.05) is 0 Å². The number of methoxy groups -OCH3 is 2. The fourth-order valence-electron chi connectivity index (χ4n) is 1.97. The molecule has 0 aliphatic rings. The third kappa shape index (κ3) is 4.09. The van der Waals surface area contributed by atoms with Crippen LogP contribution in [0.15, 0.2) is 36.4 Å². The number of hydrogen-bond acceptors (Lipinski definition) is 4.